The normalized spacial score (nSPS) is 20.3. The van der Waals surface area contributed by atoms with Crippen molar-refractivity contribution >= 4 is 38.8 Å². The number of alkyl halides is 3. The molecule has 0 saturated heterocycles. The minimum atomic E-state index is -4.46. The van der Waals surface area contributed by atoms with Crippen LogP contribution in [0.5, 0.6) is 0 Å². The number of allylic oxidation sites excluding steroid dienone is 7. The number of pyridine rings is 1. The van der Waals surface area contributed by atoms with E-state index < -0.39 is 23.1 Å². The standard InChI is InChI=1S/C24H21F3N2O2S/c25-24(26,27)17-11-18-19(28)20(32-21(18)29-12-17)15-3-1-13(2-4-15)14-5-7-16(8-6-14)23(9-10-23)22(30)31/h1,3,5,7,11-12H,2,4,6,8-10,28H2,(H,30,31). The van der Waals surface area contributed by atoms with Crippen LogP contribution in [0.3, 0.4) is 0 Å². The highest BCUT2D eigenvalue weighted by Gasteiger charge is 2.52. The lowest BCUT2D eigenvalue weighted by Gasteiger charge is -2.22. The molecule has 2 aromatic heterocycles. The molecule has 0 amide bonds. The van der Waals surface area contributed by atoms with E-state index in [0.717, 1.165) is 66.8 Å². The zero-order valence-corrected chi connectivity index (χ0v) is 17.9. The molecule has 0 aromatic carbocycles. The van der Waals surface area contributed by atoms with Crippen molar-refractivity contribution in [2.24, 2.45) is 5.41 Å². The molecular formula is C24H21F3N2O2S. The summed E-state index contributed by atoms with van der Waals surface area (Å²) in [7, 11) is 0. The number of carboxylic acids is 1. The number of aromatic nitrogens is 1. The van der Waals surface area contributed by atoms with E-state index in [1.807, 2.05) is 24.3 Å². The molecule has 3 aliphatic rings. The van der Waals surface area contributed by atoms with E-state index in [-0.39, 0.29) is 0 Å². The molecule has 1 fully saturated rings. The van der Waals surface area contributed by atoms with Gasteiger partial charge in [0.1, 0.15) is 4.83 Å². The Kier molecular flexibility index (Phi) is 4.81. The summed E-state index contributed by atoms with van der Waals surface area (Å²) in [4.78, 5) is 16.8. The first-order valence-corrected chi connectivity index (χ1v) is 11.3. The zero-order valence-electron chi connectivity index (χ0n) is 17.1. The van der Waals surface area contributed by atoms with E-state index >= 15 is 0 Å². The van der Waals surface area contributed by atoms with Crippen LogP contribution in [0.2, 0.25) is 0 Å². The third-order valence-corrected chi connectivity index (χ3v) is 7.89. The number of nitrogens with two attached hydrogens (primary N) is 1. The summed E-state index contributed by atoms with van der Waals surface area (Å²) in [5, 5.41) is 9.83. The van der Waals surface area contributed by atoms with Gasteiger partial charge in [-0.15, -0.1) is 11.3 Å². The number of hydrogen-bond acceptors (Lipinski definition) is 4. The van der Waals surface area contributed by atoms with Crippen molar-refractivity contribution in [3.05, 3.63) is 63.7 Å². The lowest BCUT2D eigenvalue weighted by Crippen LogP contribution is -2.18. The van der Waals surface area contributed by atoms with Gasteiger partial charge in [0, 0.05) is 11.6 Å². The molecule has 166 valence electrons. The number of rotatable bonds is 4. The summed E-state index contributed by atoms with van der Waals surface area (Å²) in [6.07, 6.45) is 9.04. The summed E-state index contributed by atoms with van der Waals surface area (Å²) < 4.78 is 39.1. The van der Waals surface area contributed by atoms with Crippen LogP contribution >= 0.6 is 11.3 Å². The Labute approximate surface area is 186 Å². The Hall–Kier alpha value is -2.87. The van der Waals surface area contributed by atoms with E-state index in [1.54, 1.807) is 0 Å². The Bertz CT molecular complexity index is 1260. The number of aliphatic carboxylic acids is 1. The molecule has 0 bridgehead atoms. The third kappa shape index (κ3) is 3.46. The molecule has 1 saturated carbocycles. The zero-order chi connectivity index (χ0) is 22.7. The number of nitrogen functional groups attached to an aromatic ring is 1. The van der Waals surface area contributed by atoms with Gasteiger partial charge in [-0.05, 0) is 61.3 Å². The van der Waals surface area contributed by atoms with E-state index in [0.29, 0.717) is 15.9 Å². The van der Waals surface area contributed by atoms with Crippen molar-refractivity contribution in [3.8, 4) is 0 Å². The number of carboxylic acid groups (broad SMARTS) is 1. The van der Waals surface area contributed by atoms with Crippen LogP contribution in [0.4, 0.5) is 18.9 Å². The number of hydrogen-bond donors (Lipinski definition) is 2. The third-order valence-electron chi connectivity index (χ3n) is 6.69. The van der Waals surface area contributed by atoms with Gasteiger partial charge < -0.3 is 10.8 Å². The van der Waals surface area contributed by atoms with Crippen LogP contribution in [-0.2, 0) is 11.0 Å². The topological polar surface area (TPSA) is 76.2 Å². The van der Waals surface area contributed by atoms with Crippen molar-refractivity contribution in [1.29, 1.82) is 0 Å². The van der Waals surface area contributed by atoms with Gasteiger partial charge in [-0.3, -0.25) is 4.79 Å². The average molecular weight is 459 g/mol. The van der Waals surface area contributed by atoms with Crippen LogP contribution in [0.25, 0.3) is 15.8 Å². The molecule has 3 aliphatic carbocycles. The molecule has 3 N–H and O–H groups in total. The van der Waals surface area contributed by atoms with Gasteiger partial charge >= 0.3 is 12.1 Å². The van der Waals surface area contributed by atoms with Gasteiger partial charge in [-0.1, -0.05) is 29.9 Å². The van der Waals surface area contributed by atoms with Crippen molar-refractivity contribution in [3.63, 3.8) is 0 Å². The lowest BCUT2D eigenvalue weighted by atomic mass is 9.82. The monoisotopic (exact) mass is 458 g/mol. The van der Waals surface area contributed by atoms with Gasteiger partial charge in [0.15, 0.2) is 0 Å². The molecule has 4 nitrogen and oxygen atoms in total. The van der Waals surface area contributed by atoms with E-state index in [4.69, 9.17) is 5.73 Å². The fourth-order valence-electron chi connectivity index (χ4n) is 4.59. The Balaban J connectivity index is 1.41. The van der Waals surface area contributed by atoms with Crippen molar-refractivity contribution in [1.82, 2.24) is 4.98 Å². The molecular weight excluding hydrogens is 437 g/mol. The first-order chi connectivity index (χ1) is 15.2. The number of thiophene rings is 1. The van der Waals surface area contributed by atoms with Crippen LogP contribution in [-0.4, -0.2) is 16.1 Å². The number of nitrogens with zero attached hydrogens (tertiary/aromatic N) is 1. The summed E-state index contributed by atoms with van der Waals surface area (Å²) >= 11 is 1.32. The van der Waals surface area contributed by atoms with Crippen molar-refractivity contribution in [2.45, 2.75) is 44.7 Å². The highest BCUT2D eigenvalue weighted by atomic mass is 32.1. The van der Waals surface area contributed by atoms with Gasteiger partial charge in [-0.2, -0.15) is 13.2 Å². The molecule has 0 spiro atoms. The summed E-state index contributed by atoms with van der Waals surface area (Å²) in [5.74, 6) is -0.720. The van der Waals surface area contributed by atoms with E-state index in [9.17, 15) is 23.1 Å². The second-order valence-electron chi connectivity index (χ2n) is 8.57. The second kappa shape index (κ2) is 7.33. The maximum absolute atomic E-state index is 13.0. The lowest BCUT2D eigenvalue weighted by molar-refractivity contribution is -0.142. The maximum atomic E-state index is 13.0. The molecule has 2 heterocycles. The first-order valence-electron chi connectivity index (χ1n) is 10.5. The molecule has 32 heavy (non-hydrogen) atoms. The summed E-state index contributed by atoms with van der Waals surface area (Å²) in [5.41, 5.74) is 9.58. The van der Waals surface area contributed by atoms with Crippen molar-refractivity contribution < 1.29 is 23.1 Å². The minimum Gasteiger partial charge on any atom is -0.481 e. The van der Waals surface area contributed by atoms with Gasteiger partial charge in [0.2, 0.25) is 0 Å². The highest BCUT2D eigenvalue weighted by molar-refractivity contribution is 7.20. The van der Waals surface area contributed by atoms with E-state index in [1.165, 1.54) is 22.5 Å². The minimum absolute atomic E-state index is 0.343. The fourth-order valence-corrected chi connectivity index (χ4v) is 5.69. The van der Waals surface area contributed by atoms with Crippen LogP contribution < -0.4 is 5.73 Å². The Morgan fingerprint density at radius 2 is 1.66 bits per heavy atom. The smallest absolute Gasteiger partial charge is 0.417 e. The van der Waals surface area contributed by atoms with E-state index in [2.05, 4.69) is 4.98 Å². The number of carbonyl (C=O) groups is 1. The average Bonchev–Trinajstić information content (AvgIpc) is 3.53. The van der Waals surface area contributed by atoms with Crippen LogP contribution in [0.1, 0.15) is 49.0 Å². The predicted octanol–water partition coefficient (Wildman–Crippen LogP) is 6.51. The van der Waals surface area contributed by atoms with Crippen LogP contribution in [0, 0.1) is 5.41 Å². The maximum Gasteiger partial charge on any atom is 0.417 e. The Morgan fingerprint density at radius 3 is 2.19 bits per heavy atom. The molecule has 0 radical (unpaired) electrons. The fraction of sp³-hybridized carbons (Fsp3) is 0.333. The van der Waals surface area contributed by atoms with Gasteiger partial charge in [0.25, 0.3) is 0 Å². The van der Waals surface area contributed by atoms with Gasteiger partial charge in [0.05, 0.1) is 21.5 Å². The second-order valence-corrected chi connectivity index (χ2v) is 9.57. The SMILES string of the molecule is Nc1c(C2=CC=C(C3=CC=C(C4(C(=O)O)CC4)CC3)CC2)sc2ncc(C(F)(F)F)cc12. The van der Waals surface area contributed by atoms with Crippen molar-refractivity contribution in [2.75, 3.05) is 5.73 Å². The largest absolute Gasteiger partial charge is 0.481 e. The van der Waals surface area contributed by atoms with Crippen LogP contribution in [0.15, 0.2) is 53.3 Å². The predicted molar refractivity (Wildman–Crippen MR) is 119 cm³/mol. The summed E-state index contributed by atoms with van der Waals surface area (Å²) in [6.45, 7) is 0. The molecule has 5 rings (SSSR count). The number of anilines is 1. The highest BCUT2D eigenvalue weighted by Crippen LogP contribution is 2.55. The molecule has 0 atom stereocenters. The number of halogens is 3. The molecule has 0 aliphatic heterocycles. The summed E-state index contributed by atoms with van der Waals surface area (Å²) in [6, 6.07) is 1.07. The Morgan fingerprint density at radius 1 is 1.03 bits per heavy atom. The molecule has 8 heteroatoms. The molecule has 2 aromatic rings. The molecule has 0 unspecified atom stereocenters. The first kappa shape index (κ1) is 21.0. The number of fused-ring (bicyclic) bond motifs is 1. The van der Waals surface area contributed by atoms with Gasteiger partial charge in [-0.25, -0.2) is 4.98 Å². The quantitative estimate of drug-likeness (QED) is 0.547.